The molecule has 0 radical (unpaired) electrons. The Balaban J connectivity index is 1.54. The van der Waals surface area contributed by atoms with Crippen molar-refractivity contribution in [1.82, 2.24) is 14.8 Å². The van der Waals surface area contributed by atoms with Crippen molar-refractivity contribution < 1.29 is 14.7 Å². The molecule has 37 heavy (non-hydrogen) atoms. The Morgan fingerprint density at radius 2 is 1.97 bits per heavy atom. The molecule has 0 bridgehead atoms. The number of carbonyl (C=O) groups is 2. The summed E-state index contributed by atoms with van der Waals surface area (Å²) in [6, 6.07) is 10.4. The molecule has 8 nitrogen and oxygen atoms in total. The molecule has 202 valence electrons. The number of nitrogens with two attached hydrogens (primary N) is 1. The van der Waals surface area contributed by atoms with E-state index in [1.54, 1.807) is 11.8 Å². The fraction of sp³-hybridized carbons (Fsp3) is 0.552. The Hall–Kier alpha value is -2.97. The van der Waals surface area contributed by atoms with E-state index < -0.39 is 6.10 Å². The van der Waals surface area contributed by atoms with E-state index in [1.165, 1.54) is 0 Å². The number of aryl methyl sites for hydroxylation is 2. The molecule has 2 amide bonds. The van der Waals surface area contributed by atoms with Gasteiger partial charge in [-0.25, -0.2) is 4.98 Å². The van der Waals surface area contributed by atoms with E-state index in [9.17, 15) is 14.7 Å². The van der Waals surface area contributed by atoms with Gasteiger partial charge in [0.05, 0.1) is 6.10 Å². The number of pyridine rings is 1. The van der Waals surface area contributed by atoms with E-state index in [0.717, 1.165) is 73.3 Å². The molecule has 1 aliphatic heterocycles. The number of hydrogen-bond acceptors (Lipinski definition) is 6. The van der Waals surface area contributed by atoms with Gasteiger partial charge >= 0.3 is 0 Å². The number of carbonyl (C=O) groups excluding carboxylic acids is 2. The third-order valence-electron chi connectivity index (χ3n) is 7.51. The molecule has 0 aliphatic carbocycles. The molecular weight excluding hydrogens is 466 g/mol. The van der Waals surface area contributed by atoms with E-state index in [2.05, 4.69) is 30.2 Å². The van der Waals surface area contributed by atoms with Crippen LogP contribution in [0.1, 0.15) is 67.7 Å². The van der Waals surface area contributed by atoms with Gasteiger partial charge in [-0.3, -0.25) is 9.59 Å². The normalized spacial score (nSPS) is 15.8. The van der Waals surface area contributed by atoms with Crippen LogP contribution in [0.3, 0.4) is 0 Å². The lowest BCUT2D eigenvalue weighted by atomic mass is 9.93. The number of aromatic nitrogens is 1. The number of likely N-dealkylation sites (tertiary alicyclic amines) is 1. The SMILES string of the molecule is CCC(CN(C=O)CC(O)CCc1ccccc1CN)c1cnc(NC2CCN(C(C)=O)CC2)cc1C. The molecule has 2 atom stereocenters. The average molecular weight is 510 g/mol. The highest BCUT2D eigenvalue weighted by Gasteiger charge is 2.22. The minimum atomic E-state index is -0.603. The van der Waals surface area contributed by atoms with Gasteiger partial charge < -0.3 is 26.0 Å². The Labute approximate surface area is 221 Å². The minimum Gasteiger partial charge on any atom is -0.391 e. The monoisotopic (exact) mass is 509 g/mol. The van der Waals surface area contributed by atoms with Gasteiger partial charge in [0.15, 0.2) is 0 Å². The third kappa shape index (κ3) is 8.27. The predicted octanol–water partition coefficient (Wildman–Crippen LogP) is 3.22. The molecule has 3 rings (SSSR count). The number of benzene rings is 1. The number of amides is 2. The van der Waals surface area contributed by atoms with Crippen LogP contribution in [0.2, 0.25) is 0 Å². The number of piperidine rings is 1. The van der Waals surface area contributed by atoms with Crippen molar-refractivity contribution in [2.24, 2.45) is 5.73 Å². The molecule has 0 saturated carbocycles. The Bertz CT molecular complexity index is 1020. The topological polar surface area (TPSA) is 112 Å². The molecule has 2 aromatic rings. The van der Waals surface area contributed by atoms with Crippen molar-refractivity contribution in [1.29, 1.82) is 0 Å². The molecule has 1 fully saturated rings. The lowest BCUT2D eigenvalue weighted by Crippen LogP contribution is -2.41. The summed E-state index contributed by atoms with van der Waals surface area (Å²) >= 11 is 0. The standard InChI is InChI=1S/C29H43N5O3/c1-4-23(18-33(20-35)19-27(37)10-9-24-7-5-6-8-25(24)16-30)28-17-31-29(15-21(28)2)32-26-11-13-34(14-12-26)22(3)36/h5-8,15,17,20,23,26-27,37H,4,9-14,16,18-19,30H2,1-3H3,(H,31,32). The molecule has 1 aromatic carbocycles. The molecular formula is C29H43N5O3. The first kappa shape index (κ1) is 28.6. The van der Waals surface area contributed by atoms with E-state index in [4.69, 9.17) is 5.73 Å². The van der Waals surface area contributed by atoms with Crippen LogP contribution in [0.25, 0.3) is 0 Å². The highest BCUT2D eigenvalue weighted by atomic mass is 16.3. The zero-order valence-corrected chi connectivity index (χ0v) is 22.5. The van der Waals surface area contributed by atoms with Crippen molar-refractivity contribution in [3.05, 3.63) is 58.8 Å². The number of nitrogens with one attached hydrogen (secondary N) is 1. The molecule has 4 N–H and O–H groups in total. The van der Waals surface area contributed by atoms with Crippen LogP contribution in [0, 0.1) is 6.92 Å². The number of aliphatic hydroxyl groups is 1. The van der Waals surface area contributed by atoms with Gasteiger partial charge in [0.2, 0.25) is 12.3 Å². The predicted molar refractivity (Wildman–Crippen MR) is 147 cm³/mol. The number of rotatable bonds is 13. The second kappa shape index (κ2) is 14.1. The van der Waals surface area contributed by atoms with Crippen LogP contribution in [0.15, 0.2) is 36.5 Å². The number of hydrogen-bond donors (Lipinski definition) is 3. The van der Waals surface area contributed by atoms with Crippen molar-refractivity contribution in [2.75, 3.05) is 31.5 Å². The van der Waals surface area contributed by atoms with Crippen molar-refractivity contribution >= 4 is 18.1 Å². The van der Waals surface area contributed by atoms with E-state index >= 15 is 0 Å². The smallest absolute Gasteiger partial charge is 0.219 e. The molecule has 1 aromatic heterocycles. The summed E-state index contributed by atoms with van der Waals surface area (Å²) in [4.78, 5) is 31.7. The maximum atomic E-state index is 11.9. The van der Waals surface area contributed by atoms with E-state index in [-0.39, 0.29) is 11.8 Å². The summed E-state index contributed by atoms with van der Waals surface area (Å²) in [6.45, 7) is 8.68. The minimum absolute atomic E-state index is 0.135. The van der Waals surface area contributed by atoms with E-state index in [0.29, 0.717) is 32.1 Å². The van der Waals surface area contributed by atoms with Crippen LogP contribution in [0.5, 0.6) is 0 Å². The first-order valence-electron chi connectivity index (χ1n) is 13.5. The van der Waals surface area contributed by atoms with Crippen LogP contribution in [0.4, 0.5) is 5.82 Å². The van der Waals surface area contributed by atoms with Crippen LogP contribution in [-0.4, -0.2) is 70.5 Å². The molecule has 8 heteroatoms. The third-order valence-corrected chi connectivity index (χ3v) is 7.51. The van der Waals surface area contributed by atoms with Gasteiger partial charge in [0, 0.05) is 57.8 Å². The van der Waals surface area contributed by atoms with Crippen LogP contribution in [-0.2, 0) is 22.6 Å². The summed E-state index contributed by atoms with van der Waals surface area (Å²) in [5, 5.41) is 14.2. The quantitative estimate of drug-likeness (QED) is 0.358. The molecule has 2 unspecified atom stereocenters. The van der Waals surface area contributed by atoms with Crippen LogP contribution < -0.4 is 11.1 Å². The number of nitrogens with zero attached hydrogens (tertiary/aromatic N) is 3. The highest BCUT2D eigenvalue weighted by Crippen LogP contribution is 2.26. The van der Waals surface area contributed by atoms with Crippen molar-refractivity contribution in [2.45, 2.75) is 77.5 Å². The lowest BCUT2D eigenvalue weighted by molar-refractivity contribution is -0.129. The van der Waals surface area contributed by atoms with Gasteiger partial charge in [-0.1, -0.05) is 31.2 Å². The Kier molecular flexibility index (Phi) is 10.9. The van der Waals surface area contributed by atoms with Crippen molar-refractivity contribution in [3.8, 4) is 0 Å². The first-order valence-corrected chi connectivity index (χ1v) is 13.5. The molecule has 2 heterocycles. The van der Waals surface area contributed by atoms with E-state index in [1.807, 2.05) is 35.4 Å². The summed E-state index contributed by atoms with van der Waals surface area (Å²) in [5.74, 6) is 1.12. The maximum Gasteiger partial charge on any atom is 0.219 e. The highest BCUT2D eigenvalue weighted by molar-refractivity contribution is 5.73. The largest absolute Gasteiger partial charge is 0.391 e. The summed E-state index contributed by atoms with van der Waals surface area (Å²) in [6.07, 6.45) is 6.14. The van der Waals surface area contributed by atoms with Crippen LogP contribution >= 0.6 is 0 Å². The maximum absolute atomic E-state index is 11.9. The second-order valence-electron chi connectivity index (χ2n) is 10.2. The Morgan fingerprint density at radius 3 is 2.57 bits per heavy atom. The van der Waals surface area contributed by atoms with Gasteiger partial charge in [-0.05, 0) is 67.3 Å². The Morgan fingerprint density at radius 1 is 1.27 bits per heavy atom. The van der Waals surface area contributed by atoms with Gasteiger partial charge in [-0.15, -0.1) is 0 Å². The van der Waals surface area contributed by atoms with Gasteiger partial charge in [-0.2, -0.15) is 0 Å². The molecule has 0 spiro atoms. The summed E-state index contributed by atoms with van der Waals surface area (Å²) in [7, 11) is 0. The summed E-state index contributed by atoms with van der Waals surface area (Å²) < 4.78 is 0. The first-order chi connectivity index (χ1) is 17.8. The average Bonchev–Trinajstić information content (AvgIpc) is 2.90. The molecule has 1 saturated heterocycles. The zero-order chi connectivity index (χ0) is 26.8. The second-order valence-corrected chi connectivity index (χ2v) is 10.2. The summed E-state index contributed by atoms with van der Waals surface area (Å²) in [5.41, 5.74) is 10.3. The zero-order valence-electron chi connectivity index (χ0n) is 22.5. The fourth-order valence-electron chi connectivity index (χ4n) is 5.20. The van der Waals surface area contributed by atoms with Gasteiger partial charge in [0.1, 0.15) is 5.82 Å². The lowest BCUT2D eigenvalue weighted by Gasteiger charge is -2.32. The molecule has 1 aliphatic rings. The van der Waals surface area contributed by atoms with Crippen molar-refractivity contribution in [3.63, 3.8) is 0 Å². The number of aliphatic hydroxyl groups excluding tert-OH is 1. The fourth-order valence-corrected chi connectivity index (χ4v) is 5.20. The van der Waals surface area contributed by atoms with Gasteiger partial charge in [0.25, 0.3) is 0 Å². The number of anilines is 1.